The molecule has 1 amide bonds. The van der Waals surface area contributed by atoms with Gasteiger partial charge in [0.15, 0.2) is 0 Å². The number of para-hydroxylation sites is 1. The number of carboxylic acids is 1. The van der Waals surface area contributed by atoms with Gasteiger partial charge in [-0.05, 0) is 61.9 Å². The Labute approximate surface area is 166 Å². The number of hydrogen-bond donors (Lipinski definition) is 2. The minimum atomic E-state index is -0.967. The van der Waals surface area contributed by atoms with Crippen molar-refractivity contribution in [3.63, 3.8) is 0 Å². The number of aryl methyl sites for hydroxylation is 1. The van der Waals surface area contributed by atoms with Gasteiger partial charge in [0, 0.05) is 25.3 Å². The van der Waals surface area contributed by atoms with Crippen molar-refractivity contribution in [1.82, 2.24) is 5.32 Å². The van der Waals surface area contributed by atoms with Gasteiger partial charge >= 0.3 is 5.97 Å². The first-order valence-corrected chi connectivity index (χ1v) is 9.98. The quantitative estimate of drug-likeness (QED) is 0.796. The number of likely N-dealkylation sites (N-methyl/N-ethyl adjacent to an activating group) is 1. The number of rotatable bonds is 6. The summed E-state index contributed by atoms with van der Waals surface area (Å²) in [6, 6.07) is 12.8. The van der Waals surface area contributed by atoms with Gasteiger partial charge in [-0.1, -0.05) is 30.3 Å². The van der Waals surface area contributed by atoms with Crippen LogP contribution >= 0.6 is 0 Å². The van der Waals surface area contributed by atoms with Crippen molar-refractivity contribution in [3.8, 4) is 0 Å². The van der Waals surface area contributed by atoms with E-state index in [1.165, 1.54) is 6.42 Å². The van der Waals surface area contributed by atoms with Gasteiger partial charge in [0.2, 0.25) is 5.91 Å². The number of piperidine rings is 1. The number of nitrogens with one attached hydrogen (secondary N) is 1. The van der Waals surface area contributed by atoms with Gasteiger partial charge in [0.25, 0.3) is 0 Å². The van der Waals surface area contributed by atoms with Crippen molar-refractivity contribution in [1.29, 1.82) is 0 Å². The van der Waals surface area contributed by atoms with E-state index in [4.69, 9.17) is 0 Å². The second kappa shape index (κ2) is 8.91. The molecule has 2 aromatic carbocycles. The average molecular weight is 380 g/mol. The highest BCUT2D eigenvalue weighted by molar-refractivity contribution is 5.91. The summed E-state index contributed by atoms with van der Waals surface area (Å²) >= 11 is 0. The topological polar surface area (TPSA) is 69.6 Å². The average Bonchev–Trinajstić information content (AvgIpc) is 2.69. The molecular weight excluding hydrogens is 352 g/mol. The predicted octanol–water partition coefficient (Wildman–Crippen LogP) is 3.95. The molecule has 1 aliphatic rings. The van der Waals surface area contributed by atoms with Gasteiger partial charge in [-0.3, -0.25) is 4.79 Å². The van der Waals surface area contributed by atoms with Gasteiger partial charge in [-0.2, -0.15) is 0 Å². The lowest BCUT2D eigenvalue weighted by molar-refractivity contribution is -0.121. The Bertz CT molecular complexity index is 839. The molecular formula is C23H28N2O3. The molecule has 5 nitrogen and oxygen atoms in total. The molecule has 2 N–H and O–H groups in total. The highest BCUT2D eigenvalue weighted by Crippen LogP contribution is 2.36. The number of carbonyl (C=O) groups excluding carboxylic acids is 1. The van der Waals surface area contributed by atoms with Crippen molar-refractivity contribution in [2.45, 2.75) is 39.0 Å². The standard InChI is InChI=1S/C23H28N2O3/c1-3-24-22(26)20(17-10-12-18(13-11-17)23(27)28)19-9-7-8-16(2)21(19)25-14-5-4-6-15-25/h7-13,20H,3-6,14-15H2,1-2H3,(H,24,26)(H,27,28). The fourth-order valence-corrected chi connectivity index (χ4v) is 4.03. The van der Waals surface area contributed by atoms with Crippen LogP contribution in [0.3, 0.4) is 0 Å². The Balaban J connectivity index is 2.09. The van der Waals surface area contributed by atoms with E-state index >= 15 is 0 Å². The molecule has 5 heteroatoms. The third-order valence-electron chi connectivity index (χ3n) is 5.36. The zero-order chi connectivity index (χ0) is 20.1. The molecule has 2 aromatic rings. The fraction of sp³-hybridized carbons (Fsp3) is 0.391. The molecule has 1 atom stereocenters. The lowest BCUT2D eigenvalue weighted by Gasteiger charge is -2.34. The van der Waals surface area contributed by atoms with Crippen LogP contribution in [-0.4, -0.2) is 36.6 Å². The molecule has 148 valence electrons. The van der Waals surface area contributed by atoms with E-state index in [1.54, 1.807) is 24.3 Å². The summed E-state index contributed by atoms with van der Waals surface area (Å²) in [6.07, 6.45) is 3.56. The number of hydrogen-bond acceptors (Lipinski definition) is 3. The molecule has 0 aromatic heterocycles. The number of aromatic carboxylic acids is 1. The highest BCUT2D eigenvalue weighted by atomic mass is 16.4. The molecule has 3 rings (SSSR count). The monoisotopic (exact) mass is 380 g/mol. The summed E-state index contributed by atoms with van der Waals surface area (Å²) in [6.45, 7) is 6.54. The highest BCUT2D eigenvalue weighted by Gasteiger charge is 2.28. The Morgan fingerprint density at radius 3 is 2.36 bits per heavy atom. The van der Waals surface area contributed by atoms with E-state index in [0.29, 0.717) is 6.54 Å². The Hall–Kier alpha value is -2.82. The molecule has 1 unspecified atom stereocenters. The fourth-order valence-electron chi connectivity index (χ4n) is 4.03. The van der Waals surface area contributed by atoms with Gasteiger partial charge in [-0.25, -0.2) is 4.79 Å². The van der Waals surface area contributed by atoms with Crippen LogP contribution in [-0.2, 0) is 4.79 Å². The van der Waals surface area contributed by atoms with Gasteiger partial charge in [-0.15, -0.1) is 0 Å². The van der Waals surface area contributed by atoms with Crippen LogP contribution in [0.1, 0.15) is 59.2 Å². The molecule has 0 aliphatic carbocycles. The van der Waals surface area contributed by atoms with Crippen molar-refractivity contribution < 1.29 is 14.7 Å². The normalized spacial score (nSPS) is 15.1. The lowest BCUT2D eigenvalue weighted by atomic mass is 9.86. The summed E-state index contributed by atoms with van der Waals surface area (Å²) in [4.78, 5) is 26.7. The van der Waals surface area contributed by atoms with E-state index in [2.05, 4.69) is 23.2 Å². The Morgan fingerprint density at radius 2 is 1.75 bits per heavy atom. The number of benzene rings is 2. The van der Waals surface area contributed by atoms with E-state index in [0.717, 1.165) is 48.3 Å². The Morgan fingerprint density at radius 1 is 1.07 bits per heavy atom. The molecule has 1 fully saturated rings. The second-order valence-electron chi connectivity index (χ2n) is 7.32. The van der Waals surface area contributed by atoms with Crippen molar-refractivity contribution in [2.75, 3.05) is 24.5 Å². The summed E-state index contributed by atoms with van der Waals surface area (Å²) < 4.78 is 0. The third kappa shape index (κ3) is 4.19. The van der Waals surface area contributed by atoms with E-state index < -0.39 is 11.9 Å². The smallest absolute Gasteiger partial charge is 0.335 e. The van der Waals surface area contributed by atoms with Crippen LogP contribution in [0.25, 0.3) is 0 Å². The molecule has 1 aliphatic heterocycles. The zero-order valence-corrected chi connectivity index (χ0v) is 16.6. The van der Waals surface area contributed by atoms with Crippen molar-refractivity contribution in [3.05, 3.63) is 64.7 Å². The number of anilines is 1. The largest absolute Gasteiger partial charge is 0.478 e. The second-order valence-corrected chi connectivity index (χ2v) is 7.32. The Kier molecular flexibility index (Phi) is 6.34. The number of carboxylic acid groups (broad SMARTS) is 1. The van der Waals surface area contributed by atoms with Crippen LogP contribution in [0.15, 0.2) is 42.5 Å². The predicted molar refractivity (Wildman–Crippen MR) is 111 cm³/mol. The molecule has 0 radical (unpaired) electrons. The number of carbonyl (C=O) groups is 2. The summed E-state index contributed by atoms with van der Waals surface area (Å²) in [7, 11) is 0. The van der Waals surface area contributed by atoms with Crippen LogP contribution < -0.4 is 10.2 Å². The number of amides is 1. The first-order valence-electron chi connectivity index (χ1n) is 9.98. The SMILES string of the molecule is CCNC(=O)C(c1ccc(C(=O)O)cc1)c1cccc(C)c1N1CCCCC1. The van der Waals surface area contributed by atoms with Gasteiger partial charge in [0.1, 0.15) is 0 Å². The molecule has 0 bridgehead atoms. The minimum Gasteiger partial charge on any atom is -0.478 e. The van der Waals surface area contributed by atoms with Crippen LogP contribution in [0.5, 0.6) is 0 Å². The van der Waals surface area contributed by atoms with E-state index in [9.17, 15) is 14.7 Å². The molecule has 1 saturated heterocycles. The molecule has 1 heterocycles. The van der Waals surface area contributed by atoms with Crippen molar-refractivity contribution >= 4 is 17.6 Å². The van der Waals surface area contributed by atoms with E-state index in [-0.39, 0.29) is 11.5 Å². The lowest BCUT2D eigenvalue weighted by Crippen LogP contribution is -2.34. The van der Waals surface area contributed by atoms with Crippen LogP contribution in [0, 0.1) is 6.92 Å². The zero-order valence-electron chi connectivity index (χ0n) is 16.6. The maximum Gasteiger partial charge on any atom is 0.335 e. The van der Waals surface area contributed by atoms with Crippen LogP contribution in [0.4, 0.5) is 5.69 Å². The maximum atomic E-state index is 13.1. The summed E-state index contributed by atoms with van der Waals surface area (Å²) in [5.41, 5.74) is 4.31. The molecule has 28 heavy (non-hydrogen) atoms. The summed E-state index contributed by atoms with van der Waals surface area (Å²) in [5, 5.41) is 12.1. The van der Waals surface area contributed by atoms with Crippen molar-refractivity contribution in [2.24, 2.45) is 0 Å². The first kappa shape index (κ1) is 19.9. The molecule has 0 spiro atoms. The first-order chi connectivity index (χ1) is 13.5. The van der Waals surface area contributed by atoms with Gasteiger partial charge in [0.05, 0.1) is 11.5 Å². The van der Waals surface area contributed by atoms with Crippen LogP contribution in [0.2, 0.25) is 0 Å². The molecule has 0 saturated carbocycles. The number of nitrogens with zero attached hydrogens (tertiary/aromatic N) is 1. The third-order valence-corrected chi connectivity index (χ3v) is 5.36. The minimum absolute atomic E-state index is 0.0607. The summed E-state index contributed by atoms with van der Waals surface area (Å²) in [5.74, 6) is -1.50. The van der Waals surface area contributed by atoms with E-state index in [1.807, 2.05) is 19.1 Å². The van der Waals surface area contributed by atoms with Gasteiger partial charge < -0.3 is 15.3 Å². The maximum absolute atomic E-state index is 13.1.